The number of H-pyrrole nitrogens is 1. The number of aromatic amines is 1. The Hall–Kier alpha value is -14.2. The largest absolute Gasteiger partial charge is 0.394 e. The maximum atomic E-state index is 15.1. The minimum absolute atomic E-state index is 0.0260. The molecule has 748 valence electrons. The third kappa shape index (κ3) is 44.7. The van der Waals surface area contributed by atoms with Crippen LogP contribution in [0.25, 0.3) is 0 Å². The van der Waals surface area contributed by atoms with E-state index in [-0.39, 0.29) is 126 Å². The Morgan fingerprint density at radius 1 is 0.356 bits per heavy atom. The van der Waals surface area contributed by atoms with Crippen LogP contribution in [0.15, 0.2) is 88.2 Å². The van der Waals surface area contributed by atoms with Gasteiger partial charge in [0, 0.05) is 58.4 Å². The van der Waals surface area contributed by atoms with Gasteiger partial charge in [-0.05, 0) is 113 Å². The molecule has 49 nitrogen and oxygen atoms in total. The molecular formula is C86H139N29O20. The molecule has 3 aromatic rings. The Morgan fingerprint density at radius 3 is 1.03 bits per heavy atom. The van der Waals surface area contributed by atoms with E-state index < -0.39 is 247 Å². The van der Waals surface area contributed by atoms with Crippen LogP contribution in [0, 0.1) is 23.7 Å². The normalized spacial score (nSPS) is 14.7. The van der Waals surface area contributed by atoms with E-state index >= 15 is 9.59 Å². The molecule has 0 aliphatic heterocycles. The van der Waals surface area contributed by atoms with Gasteiger partial charge in [0.15, 0.2) is 17.9 Å². The zero-order chi connectivity index (χ0) is 101. The molecule has 135 heavy (non-hydrogen) atoms. The van der Waals surface area contributed by atoms with Gasteiger partial charge in [0.25, 0.3) is 0 Å². The maximum absolute atomic E-state index is 15.1. The van der Waals surface area contributed by atoms with Crippen LogP contribution >= 0.6 is 0 Å². The molecule has 0 saturated heterocycles. The Balaban J connectivity index is 2.01. The Morgan fingerprint density at radius 2 is 0.674 bits per heavy atom. The van der Waals surface area contributed by atoms with Crippen molar-refractivity contribution in [1.82, 2.24) is 89.7 Å². The van der Waals surface area contributed by atoms with Crippen molar-refractivity contribution in [3.63, 3.8) is 0 Å². The highest BCUT2D eigenvalue weighted by Gasteiger charge is 2.41. The number of aromatic nitrogens is 2. The summed E-state index contributed by atoms with van der Waals surface area (Å²) in [6.45, 7) is 15.7. The molecule has 3 rings (SSSR count). The fraction of sp³-hybridized carbons (Fsp3) is 0.581. The van der Waals surface area contributed by atoms with Crippen molar-refractivity contribution in [1.29, 1.82) is 0 Å². The van der Waals surface area contributed by atoms with Crippen molar-refractivity contribution in [2.24, 2.45) is 90.3 Å². The molecule has 0 fully saturated rings. The number of guanidine groups is 3. The zero-order valence-corrected chi connectivity index (χ0v) is 78.1. The Kier molecular flexibility index (Phi) is 50.6. The van der Waals surface area contributed by atoms with Crippen LogP contribution in [0.2, 0.25) is 0 Å². The summed E-state index contributed by atoms with van der Waals surface area (Å²) in [6.07, 6.45) is -2.60. The Labute approximate surface area is 782 Å². The van der Waals surface area contributed by atoms with Crippen molar-refractivity contribution >= 4 is 124 Å². The number of nitrogens with two attached hydrogens (primary N) is 9. The molecule has 18 amide bonds. The average Bonchev–Trinajstić information content (AvgIpc) is 1.28. The summed E-state index contributed by atoms with van der Waals surface area (Å²) >= 11 is 0. The van der Waals surface area contributed by atoms with Crippen molar-refractivity contribution in [3.8, 4) is 0 Å². The minimum Gasteiger partial charge on any atom is -0.394 e. The van der Waals surface area contributed by atoms with Crippen molar-refractivity contribution in [2.75, 3.05) is 26.2 Å². The van der Waals surface area contributed by atoms with Gasteiger partial charge >= 0.3 is 0 Å². The lowest BCUT2D eigenvalue weighted by Gasteiger charge is -2.30. The van der Waals surface area contributed by atoms with Crippen LogP contribution in [0.5, 0.6) is 0 Å². The molecule has 2 aromatic carbocycles. The second-order valence-corrected chi connectivity index (χ2v) is 34.3. The fourth-order valence-electron chi connectivity index (χ4n) is 13.6. The second kappa shape index (κ2) is 59.4. The first kappa shape index (κ1) is 115. The van der Waals surface area contributed by atoms with Crippen LogP contribution in [0.1, 0.15) is 170 Å². The lowest BCUT2D eigenvalue weighted by Crippen LogP contribution is -2.63. The number of amides is 18. The molecule has 1 aromatic heterocycles. The summed E-state index contributed by atoms with van der Waals surface area (Å²) < 4.78 is 0. The number of nitrogens with one attached hydrogen (secondary N) is 16. The highest BCUT2D eigenvalue weighted by atomic mass is 16.3. The molecule has 1 heterocycles. The highest BCUT2D eigenvalue weighted by molar-refractivity contribution is 6.02. The van der Waals surface area contributed by atoms with Gasteiger partial charge < -0.3 is 147 Å². The van der Waals surface area contributed by atoms with Crippen LogP contribution in [-0.4, -0.2) is 267 Å². The maximum Gasteiger partial charge on any atom is 0.245 e. The first-order chi connectivity index (χ1) is 63.5. The summed E-state index contributed by atoms with van der Waals surface area (Å²) in [5, 5.41) is 59.4. The van der Waals surface area contributed by atoms with Gasteiger partial charge in [-0.3, -0.25) is 101 Å². The van der Waals surface area contributed by atoms with E-state index in [0.717, 1.165) is 6.92 Å². The third-order valence-electron chi connectivity index (χ3n) is 20.5. The van der Waals surface area contributed by atoms with E-state index in [4.69, 9.17) is 51.6 Å². The molecule has 0 bridgehead atoms. The number of aliphatic hydroxyl groups excluding tert-OH is 2. The lowest BCUT2D eigenvalue weighted by molar-refractivity contribution is -0.138. The molecule has 0 unspecified atom stereocenters. The van der Waals surface area contributed by atoms with Crippen LogP contribution in [0.3, 0.4) is 0 Å². The highest BCUT2D eigenvalue weighted by Crippen LogP contribution is 2.17. The van der Waals surface area contributed by atoms with E-state index in [0.29, 0.717) is 11.1 Å². The molecule has 49 heteroatoms. The number of rotatable bonds is 62. The van der Waals surface area contributed by atoms with Gasteiger partial charge in [0.05, 0.1) is 31.2 Å². The first-order valence-corrected chi connectivity index (χ1v) is 44.4. The van der Waals surface area contributed by atoms with E-state index in [9.17, 15) is 86.9 Å². The summed E-state index contributed by atoms with van der Waals surface area (Å²) in [7, 11) is 0. The number of nitrogens with zero attached hydrogens (tertiary/aromatic N) is 4. The van der Waals surface area contributed by atoms with E-state index in [1.807, 2.05) is 0 Å². The molecule has 0 spiro atoms. The van der Waals surface area contributed by atoms with Gasteiger partial charge in [-0.1, -0.05) is 116 Å². The van der Waals surface area contributed by atoms with Crippen molar-refractivity contribution in [2.45, 2.75) is 269 Å². The quantitative estimate of drug-likeness (QED) is 0.0142. The second-order valence-electron chi connectivity index (χ2n) is 34.3. The smallest absolute Gasteiger partial charge is 0.245 e. The molecule has 0 aliphatic carbocycles. The summed E-state index contributed by atoms with van der Waals surface area (Å²) in [5.74, 6) is -20.7. The number of hydrogen-bond acceptors (Lipinski definition) is 24. The van der Waals surface area contributed by atoms with Crippen molar-refractivity contribution < 1.29 is 96.5 Å². The summed E-state index contributed by atoms with van der Waals surface area (Å²) in [4.78, 5) is 271. The van der Waals surface area contributed by atoms with Crippen molar-refractivity contribution in [3.05, 3.63) is 90.0 Å². The number of aliphatic hydroxyl groups is 2. The van der Waals surface area contributed by atoms with Gasteiger partial charge in [-0.15, -0.1) is 0 Å². The number of aliphatic imine (C=N–C) groups is 3. The first-order valence-electron chi connectivity index (χ1n) is 44.4. The SMILES string of the molecule is CC(=O)N[C@@H](C)C(=O)N[C@@H](CO)C(=O)N[C@@H](CC(C)C)C(=O)N[C@@H](CCCN=C(N)N)C(=O)N[C@@H](Cc1c[nH]cn1)C(=O)N[C@@H](Cc1ccccc1)C(=O)N[C@@H](CC(C)C)C(=O)N[C@@H](CC(N)=O)C(=O)N[C@@H](CC(C)C)C(=O)N[C@H](C(=O)N[C@H](C(=O)N[C@@H](CCCN=C(N)N)C(=O)N[C@@H](CCC(N)=O)C(=O)N[C@@H](CCCN=C(N)N)C(=O)N[C@@H](Cc1ccccc1)C(N)=O)[C@@H](C)O)C(C)C. The summed E-state index contributed by atoms with van der Waals surface area (Å²) in [6, 6.07) is -6.79. The molecule has 0 saturated carbocycles. The van der Waals surface area contributed by atoms with Gasteiger partial charge in [-0.2, -0.15) is 0 Å². The number of primary amides is 3. The number of benzene rings is 2. The van der Waals surface area contributed by atoms with Crippen LogP contribution < -0.4 is 131 Å². The average molecular weight is 1900 g/mol. The Bertz CT molecular complexity index is 4530. The topological polar surface area (TPSA) is 828 Å². The van der Waals surface area contributed by atoms with E-state index in [1.54, 1.807) is 102 Å². The van der Waals surface area contributed by atoms with Crippen LogP contribution in [0.4, 0.5) is 0 Å². The lowest BCUT2D eigenvalue weighted by atomic mass is 9.98. The predicted octanol–water partition coefficient (Wildman–Crippen LogP) is -8.30. The number of imidazole rings is 1. The zero-order valence-electron chi connectivity index (χ0n) is 78.1. The fourth-order valence-corrected chi connectivity index (χ4v) is 13.6. The number of hydrogen-bond donors (Lipinski definition) is 27. The van der Waals surface area contributed by atoms with E-state index in [2.05, 4.69) is 105 Å². The molecule has 36 N–H and O–H groups in total. The molecule has 0 radical (unpaired) electrons. The standard InChI is InChI=1S/C86H139N29O20/c1-43(2)33-58(109-81(133)64(41-116)113-70(122)47(9)101-49(11)118)75(127)103-54(26-19-31-98-85(92)93)73(125)111-62(38-52-40-96-42-100-52)78(130)110-61(37-51-23-16-13-17-24-51)77(129)107-59(34-44(3)4)76(128)112-63(39-66(88)120)79(131)108-60(35-45(5)6)80(132)114-67(46(7)8)82(134)115-68(48(10)117)83(135)105-55(27-20-32-99-86(94)95)71(123)104-56(28-29-65(87)119)74(126)102-53(25-18-30-97-84(90)91)72(124)106-57(69(89)121)36-50-21-14-12-15-22-50/h12-17,21-24,40,42-48,53-64,67-68,116-117H,18-20,25-39,41H2,1-11H3,(H2,87,119)(H2,88,120)(H2,89,121)(H,96,100)(H,101,118)(H,102,126)(H,103,127)(H,104,123)(H,105,135)(H,106,124)(H,107,129)(H,108,131)(H,109,133)(H,110,130)(H,111,125)(H,112,128)(H,113,122)(H,114,132)(H,115,134)(H4,90,91,97)(H4,92,93,98)(H4,94,95,99)/t47-,48+,53-,54-,55-,56-,57-,58-,59-,60-,61-,62-,63-,64-,67-,68-/m0/s1. The van der Waals surface area contributed by atoms with Gasteiger partial charge in [-0.25, -0.2) is 4.98 Å². The predicted molar refractivity (Wildman–Crippen MR) is 496 cm³/mol. The molecule has 0 aliphatic rings. The monoisotopic (exact) mass is 1900 g/mol. The summed E-state index contributed by atoms with van der Waals surface area (Å²) in [5.41, 5.74) is 51.6. The number of carbonyl (C=O) groups excluding carboxylic acids is 18. The molecular weight excluding hydrogens is 1760 g/mol. The number of carbonyl (C=O) groups is 18. The third-order valence-corrected chi connectivity index (χ3v) is 20.5. The molecule has 16 atom stereocenters. The van der Waals surface area contributed by atoms with Gasteiger partial charge in [0.2, 0.25) is 106 Å². The minimum atomic E-state index is -1.94. The van der Waals surface area contributed by atoms with E-state index in [1.165, 1.54) is 40.2 Å². The van der Waals surface area contributed by atoms with Gasteiger partial charge in [0.1, 0.15) is 90.6 Å². The van der Waals surface area contributed by atoms with Crippen LogP contribution in [-0.2, 0) is 106 Å².